The molecule has 0 aromatic rings. The van der Waals surface area contributed by atoms with Gasteiger partial charge in [-0.1, -0.05) is 6.58 Å². The summed E-state index contributed by atoms with van der Waals surface area (Å²) >= 11 is 0. The SMILES string of the molecule is C=CC(=O)NC(N)C(=O)CCS(=O)(=O)Cl. The molecular weight excluding hydrogens is 244 g/mol. The summed E-state index contributed by atoms with van der Waals surface area (Å²) in [6, 6.07) is 0. The predicted octanol–water partition coefficient (Wildman–Crippen LogP) is -0.899. The molecule has 0 saturated heterocycles. The third kappa shape index (κ3) is 7.06. The van der Waals surface area contributed by atoms with Crippen LogP contribution in [0.5, 0.6) is 0 Å². The second-order valence-corrected chi connectivity index (χ2v) is 5.55. The van der Waals surface area contributed by atoms with Crippen molar-refractivity contribution < 1.29 is 18.0 Å². The highest BCUT2D eigenvalue weighted by molar-refractivity contribution is 8.13. The summed E-state index contributed by atoms with van der Waals surface area (Å²) in [7, 11) is 1.17. The van der Waals surface area contributed by atoms with Crippen molar-refractivity contribution in [3.8, 4) is 0 Å². The van der Waals surface area contributed by atoms with Crippen molar-refractivity contribution in [2.45, 2.75) is 12.6 Å². The van der Waals surface area contributed by atoms with Crippen molar-refractivity contribution >= 4 is 31.4 Å². The molecule has 6 nitrogen and oxygen atoms in total. The molecule has 0 aromatic carbocycles. The normalized spacial score (nSPS) is 12.9. The fourth-order valence-electron chi connectivity index (χ4n) is 0.671. The van der Waals surface area contributed by atoms with Crippen LogP contribution in [0.1, 0.15) is 6.42 Å². The molecular formula is C7H11ClN2O4S. The average molecular weight is 255 g/mol. The van der Waals surface area contributed by atoms with Crippen LogP contribution in [0.15, 0.2) is 12.7 Å². The Morgan fingerprint density at radius 1 is 1.53 bits per heavy atom. The second-order valence-electron chi connectivity index (χ2n) is 2.65. The minimum Gasteiger partial charge on any atom is -0.331 e. The molecule has 0 rings (SSSR count). The minimum atomic E-state index is -3.72. The average Bonchev–Trinajstić information content (AvgIpc) is 2.12. The van der Waals surface area contributed by atoms with E-state index >= 15 is 0 Å². The molecule has 1 atom stereocenters. The standard InChI is InChI=1S/C7H11ClN2O4S/c1-2-6(12)10-7(9)5(11)3-4-15(8,13)14/h2,7H,1,3-4,9H2,(H,10,12). The number of hydrogen-bond acceptors (Lipinski definition) is 5. The lowest BCUT2D eigenvalue weighted by molar-refractivity contribution is -0.125. The summed E-state index contributed by atoms with van der Waals surface area (Å²) in [4.78, 5) is 21.9. The lowest BCUT2D eigenvalue weighted by Gasteiger charge is -2.10. The summed E-state index contributed by atoms with van der Waals surface area (Å²) in [5, 5.41) is 2.10. The third-order valence-electron chi connectivity index (χ3n) is 1.42. The molecule has 0 aliphatic carbocycles. The van der Waals surface area contributed by atoms with Crippen LogP contribution < -0.4 is 11.1 Å². The fraction of sp³-hybridized carbons (Fsp3) is 0.429. The number of carbonyl (C=O) groups is 2. The maximum Gasteiger partial charge on any atom is 0.244 e. The van der Waals surface area contributed by atoms with Gasteiger partial charge in [-0.3, -0.25) is 9.59 Å². The minimum absolute atomic E-state index is 0.343. The van der Waals surface area contributed by atoms with E-state index in [1.165, 1.54) is 0 Å². The molecule has 3 N–H and O–H groups in total. The van der Waals surface area contributed by atoms with E-state index in [9.17, 15) is 18.0 Å². The monoisotopic (exact) mass is 254 g/mol. The summed E-state index contributed by atoms with van der Waals surface area (Å²) in [5.41, 5.74) is 5.26. The number of nitrogens with two attached hydrogens (primary N) is 1. The highest BCUT2D eigenvalue weighted by Gasteiger charge is 2.17. The van der Waals surface area contributed by atoms with E-state index in [2.05, 4.69) is 11.9 Å². The maximum absolute atomic E-state index is 11.1. The fourth-order valence-corrected chi connectivity index (χ4v) is 1.35. The second kappa shape index (κ2) is 5.84. The molecule has 86 valence electrons. The van der Waals surface area contributed by atoms with E-state index in [0.717, 1.165) is 6.08 Å². The van der Waals surface area contributed by atoms with E-state index in [0.29, 0.717) is 0 Å². The Kier molecular flexibility index (Phi) is 5.48. The summed E-state index contributed by atoms with van der Waals surface area (Å²) in [6.07, 6.45) is -0.635. The van der Waals surface area contributed by atoms with E-state index in [1.54, 1.807) is 0 Å². The number of nitrogens with one attached hydrogen (secondary N) is 1. The Morgan fingerprint density at radius 2 is 2.07 bits per heavy atom. The summed E-state index contributed by atoms with van der Waals surface area (Å²) < 4.78 is 21.0. The van der Waals surface area contributed by atoms with Crippen molar-refractivity contribution in [1.82, 2.24) is 5.32 Å². The number of carbonyl (C=O) groups excluding carboxylic acids is 2. The van der Waals surface area contributed by atoms with Crippen LogP contribution in [-0.4, -0.2) is 32.0 Å². The van der Waals surface area contributed by atoms with Gasteiger partial charge in [-0.15, -0.1) is 0 Å². The molecule has 0 aromatic heterocycles. The highest BCUT2D eigenvalue weighted by Crippen LogP contribution is 2.00. The van der Waals surface area contributed by atoms with Gasteiger partial charge in [0.2, 0.25) is 15.0 Å². The Balaban J connectivity index is 4.11. The number of amides is 1. The summed E-state index contributed by atoms with van der Waals surface area (Å²) in [6.45, 7) is 3.16. The molecule has 0 aliphatic heterocycles. The molecule has 1 amide bonds. The first kappa shape index (κ1) is 14.1. The van der Waals surface area contributed by atoms with Crippen molar-refractivity contribution in [2.75, 3.05) is 5.75 Å². The topological polar surface area (TPSA) is 106 Å². The van der Waals surface area contributed by atoms with Crippen molar-refractivity contribution in [1.29, 1.82) is 0 Å². The van der Waals surface area contributed by atoms with Gasteiger partial charge in [0.1, 0.15) is 6.17 Å². The Labute approximate surface area is 91.9 Å². The van der Waals surface area contributed by atoms with Gasteiger partial charge >= 0.3 is 0 Å². The third-order valence-corrected chi connectivity index (χ3v) is 2.58. The van der Waals surface area contributed by atoms with Crippen LogP contribution in [0.3, 0.4) is 0 Å². The van der Waals surface area contributed by atoms with Gasteiger partial charge in [0.15, 0.2) is 5.78 Å². The van der Waals surface area contributed by atoms with Gasteiger partial charge in [0.25, 0.3) is 0 Å². The molecule has 0 heterocycles. The Bertz CT molecular complexity index is 365. The first-order valence-electron chi connectivity index (χ1n) is 3.90. The zero-order valence-corrected chi connectivity index (χ0v) is 9.35. The van der Waals surface area contributed by atoms with E-state index in [-0.39, 0.29) is 6.42 Å². The van der Waals surface area contributed by atoms with Crippen LogP contribution >= 0.6 is 10.7 Å². The molecule has 0 fully saturated rings. The molecule has 0 saturated carbocycles. The van der Waals surface area contributed by atoms with Crippen molar-refractivity contribution in [3.63, 3.8) is 0 Å². The van der Waals surface area contributed by atoms with Gasteiger partial charge in [-0.25, -0.2) is 8.42 Å². The van der Waals surface area contributed by atoms with Crippen LogP contribution in [-0.2, 0) is 18.6 Å². The number of hydrogen-bond donors (Lipinski definition) is 2. The zero-order chi connectivity index (χ0) is 12.1. The Morgan fingerprint density at radius 3 is 2.47 bits per heavy atom. The van der Waals surface area contributed by atoms with Gasteiger partial charge < -0.3 is 11.1 Å². The molecule has 1 unspecified atom stereocenters. The zero-order valence-electron chi connectivity index (χ0n) is 7.77. The van der Waals surface area contributed by atoms with Gasteiger partial charge in [-0.2, -0.15) is 0 Å². The van der Waals surface area contributed by atoms with Crippen molar-refractivity contribution in [3.05, 3.63) is 12.7 Å². The number of Topliss-reactive ketones (excluding diaryl/α,β-unsaturated/α-hetero) is 1. The first-order chi connectivity index (χ1) is 6.76. The van der Waals surface area contributed by atoms with Crippen LogP contribution in [0.4, 0.5) is 0 Å². The predicted molar refractivity (Wildman–Crippen MR) is 55.6 cm³/mol. The number of halogens is 1. The Hall–Kier alpha value is -0.920. The lowest BCUT2D eigenvalue weighted by atomic mass is 10.2. The van der Waals surface area contributed by atoms with E-state index < -0.39 is 32.7 Å². The maximum atomic E-state index is 11.1. The van der Waals surface area contributed by atoms with Gasteiger partial charge in [0.05, 0.1) is 5.75 Å². The molecule has 0 radical (unpaired) electrons. The highest BCUT2D eigenvalue weighted by atomic mass is 35.7. The first-order valence-corrected chi connectivity index (χ1v) is 6.37. The molecule has 0 bridgehead atoms. The van der Waals surface area contributed by atoms with Crippen LogP contribution in [0, 0.1) is 0 Å². The van der Waals surface area contributed by atoms with Crippen molar-refractivity contribution in [2.24, 2.45) is 5.73 Å². The smallest absolute Gasteiger partial charge is 0.244 e. The number of rotatable bonds is 6. The largest absolute Gasteiger partial charge is 0.331 e. The van der Waals surface area contributed by atoms with Crippen LogP contribution in [0.25, 0.3) is 0 Å². The van der Waals surface area contributed by atoms with E-state index in [4.69, 9.17) is 16.4 Å². The molecule has 8 heteroatoms. The lowest BCUT2D eigenvalue weighted by Crippen LogP contribution is -2.47. The molecule has 0 spiro atoms. The van der Waals surface area contributed by atoms with E-state index in [1.807, 2.05) is 0 Å². The van der Waals surface area contributed by atoms with Crippen LogP contribution in [0.2, 0.25) is 0 Å². The molecule has 0 aliphatic rings. The van der Waals surface area contributed by atoms with Gasteiger partial charge in [-0.05, 0) is 6.08 Å². The number of ketones is 1. The molecule has 15 heavy (non-hydrogen) atoms. The van der Waals surface area contributed by atoms with Gasteiger partial charge in [0, 0.05) is 17.1 Å². The quantitative estimate of drug-likeness (QED) is 0.363. The summed E-state index contributed by atoms with van der Waals surface area (Å²) in [5.74, 6) is -1.73.